The van der Waals surface area contributed by atoms with Crippen molar-refractivity contribution in [2.24, 2.45) is 0 Å². The molecule has 18 heavy (non-hydrogen) atoms. The number of methoxy groups -OCH3 is 1. The molecule has 5 nitrogen and oxygen atoms in total. The molecule has 0 radical (unpaired) electrons. The Morgan fingerprint density at radius 1 is 1.39 bits per heavy atom. The van der Waals surface area contributed by atoms with Crippen LogP contribution in [0.15, 0.2) is 24.3 Å². The van der Waals surface area contributed by atoms with E-state index in [9.17, 15) is 15.0 Å². The van der Waals surface area contributed by atoms with Crippen molar-refractivity contribution in [1.82, 2.24) is 0 Å². The van der Waals surface area contributed by atoms with Crippen molar-refractivity contribution in [3.8, 4) is 0 Å². The van der Waals surface area contributed by atoms with Gasteiger partial charge in [0.15, 0.2) is 0 Å². The molecule has 2 N–H and O–H groups in total. The first-order valence-electron chi connectivity index (χ1n) is 5.66. The maximum atomic E-state index is 11.0. The number of rotatable bonds is 5. The molecule has 0 bridgehead atoms. The first-order valence-corrected chi connectivity index (χ1v) is 5.66. The molecule has 2 unspecified atom stereocenters. The van der Waals surface area contributed by atoms with Crippen LogP contribution in [0, 0.1) is 0 Å². The fourth-order valence-electron chi connectivity index (χ4n) is 1.57. The molecular formula is C13H19NO4. The van der Waals surface area contributed by atoms with Crippen molar-refractivity contribution in [2.45, 2.75) is 18.6 Å². The number of ether oxygens (including phenoxy) is 1. The van der Waals surface area contributed by atoms with Gasteiger partial charge in [0.1, 0.15) is 6.10 Å². The molecule has 0 saturated heterocycles. The number of hydrogen-bond acceptors (Lipinski definition) is 5. The Balaban J connectivity index is 2.79. The van der Waals surface area contributed by atoms with Crippen LogP contribution in [-0.2, 0) is 9.53 Å². The zero-order valence-electron chi connectivity index (χ0n) is 10.8. The highest BCUT2D eigenvalue weighted by molar-refractivity contribution is 5.69. The van der Waals surface area contributed by atoms with E-state index in [2.05, 4.69) is 4.74 Å². The Morgan fingerprint density at radius 2 is 2.06 bits per heavy atom. The van der Waals surface area contributed by atoms with Crippen LogP contribution in [0.5, 0.6) is 0 Å². The van der Waals surface area contributed by atoms with Crippen LogP contribution in [-0.4, -0.2) is 43.5 Å². The maximum absolute atomic E-state index is 11.0. The van der Waals surface area contributed by atoms with Crippen molar-refractivity contribution >= 4 is 11.7 Å². The van der Waals surface area contributed by atoms with Gasteiger partial charge in [-0.1, -0.05) is 12.1 Å². The number of anilines is 1. The van der Waals surface area contributed by atoms with E-state index >= 15 is 0 Å². The Labute approximate surface area is 107 Å². The van der Waals surface area contributed by atoms with Crippen molar-refractivity contribution < 1.29 is 19.7 Å². The zero-order valence-corrected chi connectivity index (χ0v) is 10.8. The zero-order chi connectivity index (χ0) is 13.7. The summed E-state index contributed by atoms with van der Waals surface area (Å²) in [5.74, 6) is -0.551. The maximum Gasteiger partial charge on any atom is 0.308 e. The third-order valence-corrected chi connectivity index (χ3v) is 2.70. The van der Waals surface area contributed by atoms with Gasteiger partial charge in [0, 0.05) is 19.8 Å². The molecular weight excluding hydrogens is 234 g/mol. The van der Waals surface area contributed by atoms with E-state index in [-0.39, 0.29) is 6.42 Å². The number of esters is 1. The summed E-state index contributed by atoms with van der Waals surface area (Å²) >= 11 is 0. The quantitative estimate of drug-likeness (QED) is 0.756. The third-order valence-electron chi connectivity index (χ3n) is 2.70. The summed E-state index contributed by atoms with van der Waals surface area (Å²) in [5.41, 5.74) is 1.48. The van der Waals surface area contributed by atoms with E-state index in [0.29, 0.717) is 5.56 Å². The molecule has 0 fully saturated rings. The predicted molar refractivity (Wildman–Crippen MR) is 68.4 cm³/mol. The van der Waals surface area contributed by atoms with Crippen molar-refractivity contribution in [3.63, 3.8) is 0 Å². The highest BCUT2D eigenvalue weighted by Crippen LogP contribution is 2.23. The predicted octanol–water partition coefficient (Wildman–Crippen LogP) is 0.710. The molecule has 0 amide bonds. The van der Waals surface area contributed by atoms with Crippen LogP contribution in [0.1, 0.15) is 18.1 Å². The van der Waals surface area contributed by atoms with Gasteiger partial charge < -0.3 is 19.8 Å². The summed E-state index contributed by atoms with van der Waals surface area (Å²) in [6.45, 7) is 0. The van der Waals surface area contributed by atoms with Gasteiger partial charge in [-0.15, -0.1) is 0 Å². The van der Waals surface area contributed by atoms with Gasteiger partial charge in [0.25, 0.3) is 0 Å². The van der Waals surface area contributed by atoms with E-state index in [1.165, 1.54) is 7.11 Å². The monoisotopic (exact) mass is 253 g/mol. The lowest BCUT2D eigenvalue weighted by Crippen LogP contribution is -2.22. The van der Waals surface area contributed by atoms with E-state index in [1.807, 2.05) is 25.1 Å². The van der Waals surface area contributed by atoms with E-state index < -0.39 is 18.2 Å². The fourth-order valence-corrected chi connectivity index (χ4v) is 1.57. The number of hydrogen-bond donors (Lipinski definition) is 2. The average Bonchev–Trinajstić information content (AvgIpc) is 2.37. The Kier molecular flexibility index (Phi) is 5.12. The molecule has 5 heteroatoms. The first-order chi connectivity index (χ1) is 8.45. The summed E-state index contributed by atoms with van der Waals surface area (Å²) < 4.78 is 4.45. The van der Waals surface area contributed by atoms with Gasteiger partial charge in [-0.2, -0.15) is 0 Å². The van der Waals surface area contributed by atoms with Crippen LogP contribution in [0.25, 0.3) is 0 Å². The molecule has 0 aliphatic heterocycles. The van der Waals surface area contributed by atoms with Crippen molar-refractivity contribution in [1.29, 1.82) is 0 Å². The number of benzene rings is 1. The van der Waals surface area contributed by atoms with Crippen LogP contribution in [0.3, 0.4) is 0 Å². The second-order valence-electron chi connectivity index (χ2n) is 4.28. The van der Waals surface area contributed by atoms with Gasteiger partial charge in [-0.25, -0.2) is 0 Å². The lowest BCUT2D eigenvalue weighted by Gasteiger charge is -2.19. The van der Waals surface area contributed by atoms with Gasteiger partial charge in [0.05, 0.1) is 19.6 Å². The second-order valence-corrected chi connectivity index (χ2v) is 4.28. The minimum Gasteiger partial charge on any atom is -0.469 e. The standard InChI is InChI=1S/C13H19NO4/c1-14(2)10-6-4-5-9(7-10)13(17)11(15)8-12(16)18-3/h4-7,11,13,15,17H,8H2,1-3H3. The Morgan fingerprint density at radius 3 is 2.61 bits per heavy atom. The summed E-state index contributed by atoms with van der Waals surface area (Å²) in [6.07, 6.45) is -2.51. The summed E-state index contributed by atoms with van der Waals surface area (Å²) in [6, 6.07) is 7.16. The minimum absolute atomic E-state index is 0.232. The molecule has 0 heterocycles. The second kappa shape index (κ2) is 6.37. The van der Waals surface area contributed by atoms with Gasteiger partial charge >= 0.3 is 5.97 Å². The SMILES string of the molecule is COC(=O)CC(O)C(O)c1cccc(N(C)C)c1. The van der Waals surface area contributed by atoms with Gasteiger partial charge in [-0.05, 0) is 17.7 Å². The first kappa shape index (κ1) is 14.5. The number of nitrogens with zero attached hydrogens (tertiary/aromatic N) is 1. The molecule has 0 saturated carbocycles. The summed E-state index contributed by atoms with van der Waals surface area (Å²) in [4.78, 5) is 12.9. The number of carbonyl (C=O) groups is 1. The normalized spacial score (nSPS) is 13.8. The molecule has 100 valence electrons. The number of aliphatic hydroxyl groups is 2. The summed E-state index contributed by atoms with van der Waals surface area (Å²) in [7, 11) is 5.01. The Hall–Kier alpha value is -1.59. The topological polar surface area (TPSA) is 70.0 Å². The van der Waals surface area contributed by atoms with E-state index in [4.69, 9.17) is 0 Å². The smallest absolute Gasteiger partial charge is 0.308 e. The number of aliphatic hydroxyl groups excluding tert-OH is 2. The highest BCUT2D eigenvalue weighted by atomic mass is 16.5. The van der Waals surface area contributed by atoms with Crippen LogP contribution in [0.4, 0.5) is 5.69 Å². The number of carbonyl (C=O) groups excluding carboxylic acids is 1. The van der Waals surface area contributed by atoms with Crippen LogP contribution < -0.4 is 4.90 Å². The molecule has 0 spiro atoms. The average molecular weight is 253 g/mol. The van der Waals surface area contributed by atoms with Crippen molar-refractivity contribution in [3.05, 3.63) is 29.8 Å². The molecule has 2 atom stereocenters. The third kappa shape index (κ3) is 3.72. The van der Waals surface area contributed by atoms with E-state index in [1.54, 1.807) is 18.2 Å². The lowest BCUT2D eigenvalue weighted by atomic mass is 10.0. The van der Waals surface area contributed by atoms with Crippen LogP contribution >= 0.6 is 0 Å². The molecule has 0 aromatic heterocycles. The summed E-state index contributed by atoms with van der Waals surface area (Å²) in [5, 5.41) is 19.7. The van der Waals surface area contributed by atoms with Crippen molar-refractivity contribution in [2.75, 3.05) is 26.1 Å². The molecule has 1 rings (SSSR count). The molecule has 0 aliphatic rings. The molecule has 0 aliphatic carbocycles. The fraction of sp³-hybridized carbons (Fsp3) is 0.462. The highest BCUT2D eigenvalue weighted by Gasteiger charge is 2.22. The lowest BCUT2D eigenvalue weighted by molar-refractivity contribution is -0.144. The van der Waals surface area contributed by atoms with Gasteiger partial charge in [0.2, 0.25) is 0 Å². The Bertz CT molecular complexity index is 406. The molecule has 1 aromatic rings. The minimum atomic E-state index is -1.17. The van der Waals surface area contributed by atoms with E-state index in [0.717, 1.165) is 5.69 Å². The largest absolute Gasteiger partial charge is 0.469 e. The molecule has 1 aromatic carbocycles. The van der Waals surface area contributed by atoms with Crippen LogP contribution in [0.2, 0.25) is 0 Å². The van der Waals surface area contributed by atoms with Gasteiger partial charge in [-0.3, -0.25) is 4.79 Å².